The maximum Gasteiger partial charge on any atom is 1.00 e. The molecule has 0 saturated heterocycles. The van der Waals surface area contributed by atoms with Crippen LogP contribution in [-0.2, 0) is 0 Å². The maximum absolute atomic E-state index is 8.72. The van der Waals surface area contributed by atoms with Gasteiger partial charge < -0.3 is 11.5 Å². The molecule has 0 fully saturated rings. The fraction of sp³-hybridized carbons (Fsp3) is 0. The van der Waals surface area contributed by atoms with Crippen molar-refractivity contribution in [1.29, 1.82) is 0 Å². The largest absolute Gasteiger partial charge is 1.00 e. The third-order valence-corrected chi connectivity index (χ3v) is 1.47. The van der Waals surface area contributed by atoms with E-state index in [0.717, 1.165) is 5.56 Å². The Balaban J connectivity index is 0. The van der Waals surface area contributed by atoms with Crippen molar-refractivity contribution in [3.05, 3.63) is 36.4 Å². The molecule has 0 saturated carbocycles. The molecule has 0 spiro atoms. The summed E-state index contributed by atoms with van der Waals surface area (Å²) < 4.78 is 0. The summed E-state index contributed by atoms with van der Waals surface area (Å²) in [6.07, 6.45) is 1.70. The molecule has 0 bridgehead atoms. The molecule has 0 unspecified atom stereocenters. The SMILES string of the molecule is C=Cc1ccc(B(O)O)cc1.[H-].[K+]. The van der Waals surface area contributed by atoms with E-state index < -0.39 is 7.12 Å². The van der Waals surface area contributed by atoms with E-state index in [4.69, 9.17) is 10.0 Å². The quantitative estimate of drug-likeness (QED) is 0.490. The van der Waals surface area contributed by atoms with Gasteiger partial charge in [-0.15, -0.1) is 0 Å². The minimum atomic E-state index is -1.38. The second-order valence-electron chi connectivity index (χ2n) is 2.24. The summed E-state index contributed by atoms with van der Waals surface area (Å²) in [4.78, 5) is 0. The van der Waals surface area contributed by atoms with Gasteiger partial charge in [0.25, 0.3) is 0 Å². The van der Waals surface area contributed by atoms with Gasteiger partial charge >= 0.3 is 58.5 Å². The van der Waals surface area contributed by atoms with Crippen LogP contribution in [0.2, 0.25) is 0 Å². The molecule has 0 heterocycles. The van der Waals surface area contributed by atoms with E-state index in [1.54, 1.807) is 30.3 Å². The van der Waals surface area contributed by atoms with Crippen LogP contribution in [0.4, 0.5) is 0 Å². The Hall–Kier alpha value is 0.581. The Morgan fingerprint density at radius 2 is 1.75 bits per heavy atom. The molecule has 58 valence electrons. The second-order valence-corrected chi connectivity index (χ2v) is 2.24. The van der Waals surface area contributed by atoms with Crippen molar-refractivity contribution in [3.8, 4) is 0 Å². The zero-order valence-corrected chi connectivity index (χ0v) is 10.2. The number of hydrogen-bond acceptors (Lipinski definition) is 2. The molecule has 0 aromatic heterocycles. The smallest absolute Gasteiger partial charge is 1.00 e. The van der Waals surface area contributed by atoms with Gasteiger partial charge in [0.05, 0.1) is 0 Å². The molecule has 1 rings (SSSR count). The van der Waals surface area contributed by atoms with Gasteiger partial charge in [0.15, 0.2) is 0 Å². The van der Waals surface area contributed by atoms with Gasteiger partial charge in [-0.05, 0) is 11.0 Å². The molecule has 0 aliphatic heterocycles. The van der Waals surface area contributed by atoms with E-state index in [1.807, 2.05) is 0 Å². The fourth-order valence-corrected chi connectivity index (χ4v) is 0.804. The first kappa shape index (κ1) is 12.6. The molecule has 0 aliphatic carbocycles. The number of rotatable bonds is 2. The summed E-state index contributed by atoms with van der Waals surface area (Å²) in [5.41, 5.74) is 1.46. The van der Waals surface area contributed by atoms with Gasteiger partial charge in [-0.3, -0.25) is 0 Å². The van der Waals surface area contributed by atoms with Gasteiger partial charge in [-0.2, -0.15) is 0 Å². The third-order valence-electron chi connectivity index (χ3n) is 1.47. The number of hydrogen-bond donors (Lipinski definition) is 2. The van der Waals surface area contributed by atoms with Gasteiger partial charge in [0.1, 0.15) is 0 Å². The summed E-state index contributed by atoms with van der Waals surface area (Å²) in [6, 6.07) is 6.87. The van der Waals surface area contributed by atoms with Crippen molar-refractivity contribution < 1.29 is 62.9 Å². The average molecular weight is 188 g/mol. The van der Waals surface area contributed by atoms with Crippen molar-refractivity contribution in [2.24, 2.45) is 0 Å². The van der Waals surface area contributed by atoms with Crippen LogP contribution in [0.25, 0.3) is 6.08 Å². The van der Waals surface area contributed by atoms with Crippen LogP contribution < -0.4 is 56.8 Å². The van der Waals surface area contributed by atoms with Crippen LogP contribution in [0.5, 0.6) is 0 Å². The topological polar surface area (TPSA) is 40.5 Å². The van der Waals surface area contributed by atoms with E-state index in [1.165, 1.54) is 0 Å². The van der Waals surface area contributed by atoms with Crippen molar-refractivity contribution in [1.82, 2.24) is 0 Å². The molecule has 4 heteroatoms. The third kappa shape index (κ3) is 3.53. The van der Waals surface area contributed by atoms with Crippen molar-refractivity contribution in [2.75, 3.05) is 0 Å². The Kier molecular flexibility index (Phi) is 6.39. The molecule has 0 aliphatic rings. The van der Waals surface area contributed by atoms with Gasteiger partial charge in [-0.25, -0.2) is 0 Å². The van der Waals surface area contributed by atoms with E-state index in [0.29, 0.717) is 5.46 Å². The van der Waals surface area contributed by atoms with E-state index in [2.05, 4.69) is 6.58 Å². The molecule has 1 aromatic rings. The normalized spacial score (nSPS) is 8.50. The van der Waals surface area contributed by atoms with E-state index in [9.17, 15) is 0 Å². The molecule has 1 aromatic carbocycles. The molecule has 2 N–H and O–H groups in total. The van der Waals surface area contributed by atoms with Gasteiger partial charge in [0, 0.05) is 0 Å². The Labute approximate surface area is 116 Å². The summed E-state index contributed by atoms with van der Waals surface area (Å²) in [7, 11) is -1.38. The molecule has 0 amide bonds. The standard InChI is InChI=1S/C8H9BO2.K.H/c1-2-7-3-5-8(6-4-7)9(10)11;;/h2-6,10-11H,1H2;;/q;+1;-1. The van der Waals surface area contributed by atoms with Gasteiger partial charge in [0.2, 0.25) is 0 Å². The Bertz CT molecular complexity index is 251. The van der Waals surface area contributed by atoms with Crippen molar-refractivity contribution in [2.45, 2.75) is 0 Å². The first-order valence-corrected chi connectivity index (χ1v) is 3.32. The summed E-state index contributed by atoms with van der Waals surface area (Å²) in [5.74, 6) is 0. The number of benzene rings is 1. The minimum Gasteiger partial charge on any atom is -1.00 e. The monoisotopic (exact) mass is 188 g/mol. The molecule has 2 nitrogen and oxygen atoms in total. The summed E-state index contributed by atoms with van der Waals surface area (Å²) in [5, 5.41) is 17.4. The minimum absolute atomic E-state index is 0. The predicted octanol–water partition coefficient (Wildman–Crippen LogP) is -2.87. The van der Waals surface area contributed by atoms with Crippen LogP contribution >= 0.6 is 0 Å². The Morgan fingerprint density at radius 3 is 2.08 bits per heavy atom. The first-order chi connectivity index (χ1) is 5.24. The maximum atomic E-state index is 8.72. The van der Waals surface area contributed by atoms with E-state index in [-0.39, 0.29) is 52.8 Å². The average Bonchev–Trinajstić information content (AvgIpc) is 2.05. The Morgan fingerprint density at radius 1 is 1.25 bits per heavy atom. The fourth-order valence-electron chi connectivity index (χ4n) is 0.804. The molecular formula is C8H10BKO2. The van der Waals surface area contributed by atoms with E-state index >= 15 is 0 Å². The predicted molar refractivity (Wildman–Crippen MR) is 47.5 cm³/mol. The molecule has 0 radical (unpaired) electrons. The summed E-state index contributed by atoms with van der Waals surface area (Å²) in [6.45, 7) is 3.58. The molecule has 12 heavy (non-hydrogen) atoms. The van der Waals surface area contributed by atoms with Crippen LogP contribution in [0, 0.1) is 0 Å². The first-order valence-electron chi connectivity index (χ1n) is 3.32. The molecular weight excluding hydrogens is 178 g/mol. The zero-order valence-electron chi connectivity index (χ0n) is 8.07. The van der Waals surface area contributed by atoms with Crippen molar-refractivity contribution >= 4 is 18.7 Å². The van der Waals surface area contributed by atoms with Crippen LogP contribution in [0.3, 0.4) is 0 Å². The van der Waals surface area contributed by atoms with Crippen LogP contribution in [0.1, 0.15) is 6.99 Å². The van der Waals surface area contributed by atoms with Crippen LogP contribution in [0.15, 0.2) is 30.8 Å². The van der Waals surface area contributed by atoms with Crippen LogP contribution in [-0.4, -0.2) is 17.2 Å². The van der Waals surface area contributed by atoms with Gasteiger partial charge in [-0.1, -0.05) is 36.9 Å². The summed E-state index contributed by atoms with van der Waals surface area (Å²) >= 11 is 0. The van der Waals surface area contributed by atoms with Crippen molar-refractivity contribution in [3.63, 3.8) is 0 Å². The zero-order chi connectivity index (χ0) is 8.27. The second kappa shape index (κ2) is 6.10. The molecule has 0 atom stereocenters.